The van der Waals surface area contributed by atoms with Crippen molar-refractivity contribution >= 4 is 23.9 Å². The molecular weight excluding hydrogens is 386 g/mol. The van der Waals surface area contributed by atoms with E-state index in [0.717, 1.165) is 14.2 Å². The van der Waals surface area contributed by atoms with Crippen LogP contribution >= 0.6 is 0 Å². The molecule has 0 aliphatic carbocycles. The first-order chi connectivity index (χ1) is 13.8. The van der Waals surface area contributed by atoms with Gasteiger partial charge >= 0.3 is 23.9 Å². The molecule has 10 nitrogen and oxygen atoms in total. The minimum atomic E-state index is -1.37. The van der Waals surface area contributed by atoms with E-state index in [1.165, 1.54) is 19.4 Å². The SMILES string of the molecule is COC(=O)C1=C(C)NC(C)=C(C(=O)OC)C1C(=O)OCc1ccoc1C(=O)OC. The standard InChI is InChI=1S/C19H21NO9/c1-9-12(16(21)25-3)14(13(10(2)20-9)17(22)26-4)18(23)29-8-11-6-7-28-15(11)19(24)27-5/h6-7,14,20H,8H2,1-5H3. The largest absolute Gasteiger partial charge is 0.466 e. The fourth-order valence-corrected chi connectivity index (χ4v) is 2.94. The molecule has 0 radical (unpaired) electrons. The average Bonchev–Trinajstić information content (AvgIpc) is 3.18. The van der Waals surface area contributed by atoms with Gasteiger partial charge < -0.3 is 28.7 Å². The summed E-state index contributed by atoms with van der Waals surface area (Å²) < 4.78 is 24.4. The molecule has 10 heteroatoms. The van der Waals surface area contributed by atoms with Crippen LogP contribution in [0.15, 0.2) is 39.3 Å². The van der Waals surface area contributed by atoms with Crippen molar-refractivity contribution in [3.05, 3.63) is 46.2 Å². The number of esters is 4. The van der Waals surface area contributed by atoms with Gasteiger partial charge in [0.05, 0.1) is 38.7 Å². The summed E-state index contributed by atoms with van der Waals surface area (Å²) in [7, 11) is 3.49. The predicted molar refractivity (Wildman–Crippen MR) is 95.9 cm³/mol. The van der Waals surface area contributed by atoms with Crippen molar-refractivity contribution in [3.63, 3.8) is 0 Å². The van der Waals surface area contributed by atoms with Crippen molar-refractivity contribution in [2.24, 2.45) is 5.92 Å². The smallest absolute Gasteiger partial charge is 0.374 e. The molecule has 2 rings (SSSR count). The molecule has 1 aliphatic rings. The lowest BCUT2D eigenvalue weighted by Gasteiger charge is -2.28. The summed E-state index contributed by atoms with van der Waals surface area (Å²) in [5.41, 5.74) is 0.776. The number of nitrogens with one attached hydrogen (secondary N) is 1. The van der Waals surface area contributed by atoms with E-state index in [1.54, 1.807) is 13.8 Å². The molecule has 0 spiro atoms. The zero-order valence-electron chi connectivity index (χ0n) is 16.6. The second kappa shape index (κ2) is 9.09. The van der Waals surface area contributed by atoms with E-state index in [4.69, 9.17) is 18.6 Å². The molecule has 156 valence electrons. The van der Waals surface area contributed by atoms with E-state index in [2.05, 4.69) is 10.1 Å². The summed E-state index contributed by atoms with van der Waals surface area (Å²) in [6.45, 7) is 2.79. The van der Waals surface area contributed by atoms with Crippen LogP contribution in [-0.4, -0.2) is 45.2 Å². The summed E-state index contributed by atoms with van der Waals surface area (Å²) >= 11 is 0. The van der Waals surface area contributed by atoms with Gasteiger partial charge in [-0.3, -0.25) is 4.79 Å². The Morgan fingerprint density at radius 3 is 1.93 bits per heavy atom. The van der Waals surface area contributed by atoms with Crippen LogP contribution in [0.25, 0.3) is 0 Å². The molecule has 1 aliphatic heterocycles. The summed E-state index contributed by atoms with van der Waals surface area (Å²) in [5, 5.41) is 2.87. The third-order valence-corrected chi connectivity index (χ3v) is 4.29. The number of rotatable bonds is 6. The lowest BCUT2D eigenvalue weighted by molar-refractivity contribution is -0.152. The first-order valence-corrected chi connectivity index (χ1v) is 8.43. The van der Waals surface area contributed by atoms with E-state index in [1.807, 2.05) is 0 Å². The number of dihydropyridines is 1. The van der Waals surface area contributed by atoms with Crippen LogP contribution in [0.2, 0.25) is 0 Å². The normalized spacial score (nSPS) is 14.2. The molecule has 1 aromatic rings. The van der Waals surface area contributed by atoms with Crippen molar-refractivity contribution in [2.75, 3.05) is 21.3 Å². The molecule has 0 amide bonds. The quantitative estimate of drug-likeness (QED) is 0.542. The first-order valence-electron chi connectivity index (χ1n) is 8.43. The third kappa shape index (κ3) is 4.31. The molecule has 1 N–H and O–H groups in total. The second-order valence-corrected chi connectivity index (χ2v) is 5.99. The van der Waals surface area contributed by atoms with Crippen LogP contribution in [0.4, 0.5) is 0 Å². The Kier molecular flexibility index (Phi) is 6.81. The van der Waals surface area contributed by atoms with Gasteiger partial charge in [-0.05, 0) is 19.9 Å². The van der Waals surface area contributed by atoms with Gasteiger partial charge in [-0.2, -0.15) is 0 Å². The summed E-state index contributed by atoms with van der Waals surface area (Å²) in [4.78, 5) is 49.2. The first kappa shape index (κ1) is 21.7. The van der Waals surface area contributed by atoms with Crippen molar-refractivity contribution < 1.29 is 42.5 Å². The van der Waals surface area contributed by atoms with Gasteiger partial charge in [0.1, 0.15) is 12.5 Å². The number of hydrogen-bond acceptors (Lipinski definition) is 10. The third-order valence-electron chi connectivity index (χ3n) is 4.29. The van der Waals surface area contributed by atoms with Crippen LogP contribution in [0.5, 0.6) is 0 Å². The van der Waals surface area contributed by atoms with Gasteiger partial charge in [-0.25, -0.2) is 14.4 Å². The van der Waals surface area contributed by atoms with Gasteiger partial charge in [0.25, 0.3) is 0 Å². The fraction of sp³-hybridized carbons (Fsp3) is 0.368. The number of allylic oxidation sites excluding steroid dienone is 2. The molecular formula is C19H21NO9. The Bertz CT molecular complexity index is 869. The maximum Gasteiger partial charge on any atom is 0.374 e. The van der Waals surface area contributed by atoms with Crippen molar-refractivity contribution in [3.8, 4) is 0 Å². The highest BCUT2D eigenvalue weighted by atomic mass is 16.5. The summed E-state index contributed by atoms with van der Waals surface area (Å²) in [6, 6.07) is 1.44. The Hall–Kier alpha value is -3.56. The number of ether oxygens (including phenoxy) is 4. The van der Waals surface area contributed by atoms with E-state index in [0.29, 0.717) is 11.4 Å². The van der Waals surface area contributed by atoms with Crippen LogP contribution in [0.1, 0.15) is 30.0 Å². The van der Waals surface area contributed by atoms with Gasteiger partial charge in [0, 0.05) is 17.0 Å². The Balaban J connectivity index is 2.37. The minimum Gasteiger partial charge on any atom is -0.466 e. The van der Waals surface area contributed by atoms with Crippen LogP contribution < -0.4 is 5.32 Å². The molecule has 0 fully saturated rings. The number of carbonyl (C=O) groups is 4. The lowest BCUT2D eigenvalue weighted by atomic mass is 9.85. The Morgan fingerprint density at radius 2 is 1.45 bits per heavy atom. The molecule has 1 aromatic heterocycles. The number of hydrogen-bond donors (Lipinski definition) is 1. The average molecular weight is 407 g/mol. The minimum absolute atomic E-state index is 0.0797. The lowest BCUT2D eigenvalue weighted by Crippen LogP contribution is -2.37. The number of carbonyl (C=O) groups excluding carboxylic acids is 4. The van der Waals surface area contributed by atoms with Gasteiger partial charge in [0.2, 0.25) is 5.76 Å². The Labute approximate surface area is 166 Å². The zero-order valence-corrected chi connectivity index (χ0v) is 16.6. The monoisotopic (exact) mass is 407 g/mol. The van der Waals surface area contributed by atoms with Crippen LogP contribution in [0.3, 0.4) is 0 Å². The van der Waals surface area contributed by atoms with Gasteiger partial charge in [-0.15, -0.1) is 0 Å². The topological polar surface area (TPSA) is 130 Å². The van der Waals surface area contributed by atoms with E-state index in [9.17, 15) is 19.2 Å². The fourth-order valence-electron chi connectivity index (χ4n) is 2.94. The summed E-state index contributed by atoms with van der Waals surface area (Å²) in [6.07, 6.45) is 1.24. The molecule has 0 saturated carbocycles. The Morgan fingerprint density at radius 1 is 0.931 bits per heavy atom. The maximum atomic E-state index is 12.9. The molecule has 0 aromatic carbocycles. The predicted octanol–water partition coefficient (Wildman–Crippen LogP) is 1.22. The van der Waals surface area contributed by atoms with Crippen molar-refractivity contribution in [2.45, 2.75) is 20.5 Å². The van der Waals surface area contributed by atoms with Crippen molar-refractivity contribution in [1.29, 1.82) is 0 Å². The molecule has 0 bridgehead atoms. The van der Waals surface area contributed by atoms with Crippen LogP contribution in [-0.2, 0) is 39.9 Å². The van der Waals surface area contributed by atoms with E-state index in [-0.39, 0.29) is 29.1 Å². The maximum absolute atomic E-state index is 12.9. The second-order valence-electron chi connectivity index (χ2n) is 5.99. The molecule has 29 heavy (non-hydrogen) atoms. The summed E-state index contributed by atoms with van der Waals surface area (Å²) in [5.74, 6) is -4.73. The van der Waals surface area contributed by atoms with Crippen molar-refractivity contribution in [1.82, 2.24) is 5.32 Å². The molecule has 2 heterocycles. The number of methoxy groups -OCH3 is 3. The van der Waals surface area contributed by atoms with Crippen LogP contribution in [0, 0.1) is 5.92 Å². The van der Waals surface area contributed by atoms with Gasteiger partial charge in [0.15, 0.2) is 0 Å². The zero-order chi connectivity index (χ0) is 21.7. The molecule has 0 saturated heterocycles. The highest BCUT2D eigenvalue weighted by Gasteiger charge is 2.42. The van der Waals surface area contributed by atoms with E-state index < -0.39 is 29.8 Å². The highest BCUT2D eigenvalue weighted by Crippen LogP contribution is 2.32. The van der Waals surface area contributed by atoms with Gasteiger partial charge in [-0.1, -0.05) is 0 Å². The molecule has 0 atom stereocenters. The highest BCUT2D eigenvalue weighted by molar-refractivity contribution is 6.05. The molecule has 0 unspecified atom stereocenters. The van der Waals surface area contributed by atoms with E-state index >= 15 is 0 Å². The number of furan rings is 1.